The molecular weight excluding hydrogens is 407 g/mol. The molecule has 0 unspecified atom stereocenters. The van der Waals surface area contributed by atoms with Crippen molar-refractivity contribution in [3.05, 3.63) is 111 Å². The molecule has 4 aromatic rings. The average molecular weight is 421 g/mol. The molecule has 1 aliphatic rings. The minimum absolute atomic E-state index is 0.0343. The molecule has 0 bridgehead atoms. The maximum atomic E-state index is 14.0. The molecular formula is C23H14ClFN2O3. The molecule has 30 heavy (non-hydrogen) atoms. The minimum Gasteiger partial charge on any atom is -0.450 e. The van der Waals surface area contributed by atoms with Gasteiger partial charge in [0.1, 0.15) is 11.4 Å². The molecule has 0 spiro atoms. The van der Waals surface area contributed by atoms with Crippen molar-refractivity contribution < 1.29 is 13.6 Å². The number of carbonyl (C=O) groups is 1. The molecule has 5 rings (SSSR count). The number of aromatic nitrogens is 1. The van der Waals surface area contributed by atoms with Gasteiger partial charge in [-0.05, 0) is 47.5 Å². The molecule has 0 saturated carbocycles. The lowest BCUT2D eigenvalue weighted by Gasteiger charge is -2.25. The van der Waals surface area contributed by atoms with Gasteiger partial charge in [0.05, 0.1) is 17.0 Å². The van der Waals surface area contributed by atoms with Crippen LogP contribution in [0.25, 0.3) is 11.0 Å². The average Bonchev–Trinajstić information content (AvgIpc) is 3.02. The van der Waals surface area contributed by atoms with Crippen LogP contribution in [-0.4, -0.2) is 15.8 Å². The van der Waals surface area contributed by atoms with Gasteiger partial charge >= 0.3 is 0 Å². The van der Waals surface area contributed by atoms with Crippen LogP contribution in [-0.2, 0) is 6.54 Å². The third kappa shape index (κ3) is 2.97. The largest absolute Gasteiger partial charge is 0.450 e. The molecule has 1 atom stereocenters. The van der Waals surface area contributed by atoms with E-state index in [1.54, 1.807) is 42.7 Å². The Labute approximate surface area is 175 Å². The Hall–Kier alpha value is -3.51. The standard InChI is InChI=1S/C23H14ClFN2O3/c24-15-6-7-18-17(10-15)21(28)19-20(14-4-1-5-16(25)9-14)27(23(29)22(19)30-18)12-13-3-2-8-26-11-13/h1-11,20H,12H2/t20-/m1/s1. The zero-order valence-electron chi connectivity index (χ0n) is 15.5. The van der Waals surface area contributed by atoms with Crippen LogP contribution in [0.3, 0.4) is 0 Å². The summed E-state index contributed by atoms with van der Waals surface area (Å²) >= 11 is 6.07. The number of amides is 1. The van der Waals surface area contributed by atoms with Gasteiger partial charge in [0.15, 0.2) is 5.43 Å². The summed E-state index contributed by atoms with van der Waals surface area (Å²) in [5, 5.41) is 0.660. The number of benzene rings is 2. The number of halogens is 2. The van der Waals surface area contributed by atoms with Crippen LogP contribution >= 0.6 is 11.6 Å². The molecule has 148 valence electrons. The third-order valence-electron chi connectivity index (χ3n) is 5.17. The van der Waals surface area contributed by atoms with Crippen molar-refractivity contribution in [1.29, 1.82) is 0 Å². The highest BCUT2D eigenvalue weighted by Crippen LogP contribution is 2.39. The van der Waals surface area contributed by atoms with Crippen molar-refractivity contribution >= 4 is 28.5 Å². The van der Waals surface area contributed by atoms with E-state index in [-0.39, 0.29) is 34.3 Å². The van der Waals surface area contributed by atoms with E-state index in [0.29, 0.717) is 10.6 Å². The Morgan fingerprint density at radius 1 is 1.10 bits per heavy atom. The van der Waals surface area contributed by atoms with Gasteiger partial charge in [-0.1, -0.05) is 29.8 Å². The topological polar surface area (TPSA) is 63.4 Å². The number of fused-ring (bicyclic) bond motifs is 2. The Morgan fingerprint density at radius 2 is 1.97 bits per heavy atom. The molecule has 0 saturated heterocycles. The zero-order chi connectivity index (χ0) is 20.8. The van der Waals surface area contributed by atoms with Gasteiger partial charge in [0, 0.05) is 24.0 Å². The zero-order valence-corrected chi connectivity index (χ0v) is 16.3. The first-order valence-electron chi connectivity index (χ1n) is 9.24. The summed E-state index contributed by atoms with van der Waals surface area (Å²) in [4.78, 5) is 32.3. The Morgan fingerprint density at radius 3 is 2.73 bits per heavy atom. The SMILES string of the molecule is O=C1c2oc3ccc(Cl)cc3c(=O)c2[C@@H](c2cccc(F)c2)N1Cc1cccnc1. The molecule has 7 heteroatoms. The molecule has 0 fully saturated rings. The summed E-state index contributed by atoms with van der Waals surface area (Å²) in [7, 11) is 0. The molecule has 1 aliphatic heterocycles. The van der Waals surface area contributed by atoms with Crippen molar-refractivity contribution in [1.82, 2.24) is 9.88 Å². The molecule has 0 N–H and O–H groups in total. The molecule has 0 aliphatic carbocycles. The number of carbonyl (C=O) groups excluding carboxylic acids is 1. The van der Waals surface area contributed by atoms with Crippen molar-refractivity contribution in [3.63, 3.8) is 0 Å². The maximum absolute atomic E-state index is 14.0. The normalized spacial score (nSPS) is 15.6. The molecule has 2 aromatic carbocycles. The van der Waals surface area contributed by atoms with Gasteiger partial charge in [0.2, 0.25) is 5.76 Å². The van der Waals surface area contributed by atoms with Gasteiger partial charge in [-0.25, -0.2) is 4.39 Å². The maximum Gasteiger partial charge on any atom is 0.291 e. The molecule has 3 heterocycles. The van der Waals surface area contributed by atoms with Gasteiger partial charge in [-0.2, -0.15) is 0 Å². The highest BCUT2D eigenvalue weighted by Gasteiger charge is 2.42. The van der Waals surface area contributed by atoms with E-state index < -0.39 is 17.8 Å². The van der Waals surface area contributed by atoms with E-state index >= 15 is 0 Å². The molecule has 5 nitrogen and oxygen atoms in total. The summed E-state index contributed by atoms with van der Waals surface area (Å²) in [5.41, 5.74) is 1.37. The van der Waals surface area contributed by atoms with Crippen molar-refractivity contribution in [3.8, 4) is 0 Å². The fourth-order valence-corrected chi connectivity index (χ4v) is 4.04. The number of hydrogen-bond donors (Lipinski definition) is 0. The van der Waals surface area contributed by atoms with E-state index in [0.717, 1.165) is 5.56 Å². The van der Waals surface area contributed by atoms with E-state index in [2.05, 4.69) is 4.98 Å². The van der Waals surface area contributed by atoms with Gasteiger partial charge in [0.25, 0.3) is 5.91 Å². The first-order chi connectivity index (χ1) is 14.5. The van der Waals surface area contributed by atoms with Gasteiger partial charge < -0.3 is 9.32 Å². The number of rotatable bonds is 3. The second-order valence-electron chi connectivity index (χ2n) is 7.07. The van der Waals surface area contributed by atoms with E-state index in [1.807, 2.05) is 6.07 Å². The van der Waals surface area contributed by atoms with Crippen molar-refractivity contribution in [2.75, 3.05) is 0 Å². The van der Waals surface area contributed by atoms with Crippen LogP contribution in [0.2, 0.25) is 5.02 Å². The summed E-state index contributed by atoms with van der Waals surface area (Å²) in [6, 6.07) is 13.4. The van der Waals surface area contributed by atoms with E-state index in [1.165, 1.54) is 23.1 Å². The fourth-order valence-electron chi connectivity index (χ4n) is 3.87. The Bertz CT molecular complexity index is 1350. The summed E-state index contributed by atoms with van der Waals surface area (Å²) in [6.45, 7) is 0.189. The van der Waals surface area contributed by atoms with Crippen LogP contribution in [0.4, 0.5) is 4.39 Å². The molecule has 0 radical (unpaired) electrons. The summed E-state index contributed by atoms with van der Waals surface area (Å²) in [5.74, 6) is -0.923. The van der Waals surface area contributed by atoms with Crippen LogP contribution in [0, 0.1) is 5.82 Å². The highest BCUT2D eigenvalue weighted by atomic mass is 35.5. The first kappa shape index (κ1) is 18.5. The van der Waals surface area contributed by atoms with Crippen molar-refractivity contribution in [2.45, 2.75) is 12.6 Å². The second kappa shape index (κ2) is 7.07. The highest BCUT2D eigenvalue weighted by molar-refractivity contribution is 6.31. The first-order valence-corrected chi connectivity index (χ1v) is 9.62. The number of hydrogen-bond acceptors (Lipinski definition) is 4. The lowest BCUT2D eigenvalue weighted by atomic mass is 9.98. The minimum atomic E-state index is -0.789. The van der Waals surface area contributed by atoms with Crippen LogP contribution in [0.15, 0.2) is 76.2 Å². The summed E-state index contributed by atoms with van der Waals surface area (Å²) in [6.07, 6.45) is 3.28. The summed E-state index contributed by atoms with van der Waals surface area (Å²) < 4.78 is 19.9. The smallest absolute Gasteiger partial charge is 0.291 e. The van der Waals surface area contributed by atoms with Crippen LogP contribution < -0.4 is 5.43 Å². The lowest BCUT2D eigenvalue weighted by Crippen LogP contribution is -2.29. The van der Waals surface area contributed by atoms with E-state index in [9.17, 15) is 14.0 Å². The van der Waals surface area contributed by atoms with Crippen LogP contribution in [0.1, 0.15) is 33.3 Å². The third-order valence-corrected chi connectivity index (χ3v) is 5.40. The van der Waals surface area contributed by atoms with E-state index in [4.69, 9.17) is 16.0 Å². The quantitative estimate of drug-likeness (QED) is 0.481. The second-order valence-corrected chi connectivity index (χ2v) is 7.50. The fraction of sp³-hybridized carbons (Fsp3) is 0.0870. The van der Waals surface area contributed by atoms with Gasteiger partial charge in [-0.3, -0.25) is 14.6 Å². The predicted octanol–water partition coefficient (Wildman–Crippen LogP) is 4.73. The van der Waals surface area contributed by atoms with Crippen molar-refractivity contribution in [2.24, 2.45) is 0 Å². The molecule has 1 amide bonds. The lowest BCUT2D eigenvalue weighted by molar-refractivity contribution is 0.0714. The predicted molar refractivity (Wildman–Crippen MR) is 110 cm³/mol. The molecule has 2 aromatic heterocycles. The Balaban J connectivity index is 1.75. The number of pyridine rings is 1. The van der Waals surface area contributed by atoms with Crippen LogP contribution in [0.5, 0.6) is 0 Å². The van der Waals surface area contributed by atoms with Gasteiger partial charge in [-0.15, -0.1) is 0 Å². The number of nitrogens with zero attached hydrogens (tertiary/aromatic N) is 2. The monoisotopic (exact) mass is 420 g/mol. The Kier molecular flexibility index (Phi) is 4.37.